The molecule has 106 valence electrons. The lowest BCUT2D eigenvalue weighted by Crippen LogP contribution is -2.15. The van der Waals surface area contributed by atoms with Crippen molar-refractivity contribution in [1.29, 1.82) is 0 Å². The van der Waals surface area contributed by atoms with Gasteiger partial charge in [0.1, 0.15) is 19.5 Å². The minimum Gasteiger partial charge on any atom is -0.459 e. The van der Waals surface area contributed by atoms with Crippen molar-refractivity contribution in [3.05, 3.63) is 48.0 Å². The maximum Gasteiger partial charge on any atom is 0.453 e. The Morgan fingerprint density at radius 3 is 2.55 bits per heavy atom. The van der Waals surface area contributed by atoms with Gasteiger partial charge in [0, 0.05) is 0 Å². The van der Waals surface area contributed by atoms with Gasteiger partial charge in [-0.3, -0.25) is 4.79 Å². The number of ether oxygens (including phenoxy) is 1. The molecule has 1 heterocycles. The van der Waals surface area contributed by atoms with Crippen LogP contribution in [0.15, 0.2) is 36.7 Å². The number of carbonyl (C=O) groups is 1. The molecule has 0 bridgehead atoms. The van der Waals surface area contributed by atoms with Crippen molar-refractivity contribution in [1.82, 2.24) is 14.8 Å². The summed E-state index contributed by atoms with van der Waals surface area (Å²) in [6, 6.07) is 8.93. The normalized spacial score (nSPS) is 11.3. The molecule has 0 atom stereocenters. The highest BCUT2D eigenvalue weighted by molar-refractivity contribution is 5.69. The number of alkyl halides is 3. The molecule has 0 aliphatic carbocycles. The molecule has 20 heavy (non-hydrogen) atoms. The number of rotatable bonds is 4. The van der Waals surface area contributed by atoms with Crippen molar-refractivity contribution in [2.24, 2.45) is 0 Å². The van der Waals surface area contributed by atoms with E-state index in [0.717, 1.165) is 16.6 Å². The third-order valence-corrected chi connectivity index (χ3v) is 2.32. The van der Waals surface area contributed by atoms with Crippen molar-refractivity contribution in [3.8, 4) is 0 Å². The highest BCUT2D eigenvalue weighted by atomic mass is 19.4. The fraction of sp³-hybridized carbons (Fsp3) is 0.250. The van der Waals surface area contributed by atoms with Crippen LogP contribution in [0.2, 0.25) is 0 Å². The van der Waals surface area contributed by atoms with Crippen LogP contribution in [0, 0.1) is 0 Å². The van der Waals surface area contributed by atoms with E-state index in [1.165, 1.54) is 0 Å². The van der Waals surface area contributed by atoms with Crippen LogP contribution in [-0.2, 0) is 28.9 Å². The molecule has 2 aromatic rings. The van der Waals surface area contributed by atoms with Gasteiger partial charge in [0.05, 0.1) is 0 Å². The van der Waals surface area contributed by atoms with Gasteiger partial charge < -0.3 is 4.74 Å². The number of nitrogens with zero attached hydrogens (tertiary/aromatic N) is 3. The standard InChI is InChI=1S/C12H10F3N3O2/c13-12(14,15)11-16-8-18(17-11)6-10(19)20-7-9-4-2-1-3-5-9/h1-5,8H,6-7H2. The zero-order valence-electron chi connectivity index (χ0n) is 10.2. The number of esters is 1. The molecule has 5 nitrogen and oxygen atoms in total. The summed E-state index contributed by atoms with van der Waals surface area (Å²) in [6.45, 7) is -0.365. The van der Waals surface area contributed by atoms with Gasteiger partial charge in [-0.25, -0.2) is 9.67 Å². The van der Waals surface area contributed by atoms with Crippen LogP contribution in [0.25, 0.3) is 0 Å². The second kappa shape index (κ2) is 5.72. The summed E-state index contributed by atoms with van der Waals surface area (Å²) in [5.74, 6) is -1.97. The Morgan fingerprint density at radius 2 is 1.95 bits per heavy atom. The van der Waals surface area contributed by atoms with E-state index in [9.17, 15) is 18.0 Å². The first kappa shape index (κ1) is 14.0. The highest BCUT2D eigenvalue weighted by Crippen LogP contribution is 2.25. The van der Waals surface area contributed by atoms with E-state index in [-0.39, 0.29) is 6.61 Å². The number of aromatic nitrogens is 3. The maximum absolute atomic E-state index is 12.3. The lowest BCUT2D eigenvalue weighted by molar-refractivity contribution is -0.148. The summed E-state index contributed by atoms with van der Waals surface area (Å²) in [5.41, 5.74) is 0.787. The molecule has 1 aromatic carbocycles. The van der Waals surface area contributed by atoms with Gasteiger partial charge in [-0.05, 0) is 5.56 Å². The quantitative estimate of drug-likeness (QED) is 0.807. The molecule has 0 radical (unpaired) electrons. The Labute approximate surface area is 112 Å². The first-order valence-corrected chi connectivity index (χ1v) is 5.61. The number of halogens is 3. The zero-order valence-corrected chi connectivity index (χ0v) is 10.2. The molecule has 0 spiro atoms. The molecule has 8 heteroatoms. The molecule has 0 fully saturated rings. The van der Waals surface area contributed by atoms with Gasteiger partial charge in [0.25, 0.3) is 5.82 Å². The average molecular weight is 285 g/mol. The first-order chi connectivity index (χ1) is 9.45. The van der Waals surface area contributed by atoms with Crippen molar-refractivity contribution >= 4 is 5.97 Å². The van der Waals surface area contributed by atoms with Crippen LogP contribution in [0.1, 0.15) is 11.4 Å². The number of carbonyl (C=O) groups excluding carboxylic acids is 1. The second-order valence-electron chi connectivity index (χ2n) is 3.91. The Morgan fingerprint density at radius 1 is 1.25 bits per heavy atom. The molecular formula is C12H10F3N3O2. The molecule has 0 aliphatic heterocycles. The fourth-order valence-corrected chi connectivity index (χ4v) is 1.42. The topological polar surface area (TPSA) is 57.0 Å². The highest BCUT2D eigenvalue weighted by Gasteiger charge is 2.35. The SMILES string of the molecule is O=C(Cn1cnc(C(F)(F)F)n1)OCc1ccccc1. The Hall–Kier alpha value is -2.38. The first-order valence-electron chi connectivity index (χ1n) is 5.61. The summed E-state index contributed by atoms with van der Waals surface area (Å²) in [5, 5.41) is 3.16. The predicted molar refractivity (Wildman–Crippen MR) is 61.3 cm³/mol. The van der Waals surface area contributed by atoms with Gasteiger partial charge in [-0.15, -0.1) is 5.10 Å². The van der Waals surface area contributed by atoms with Crippen molar-refractivity contribution < 1.29 is 22.7 Å². The Balaban J connectivity index is 1.87. The lowest BCUT2D eigenvalue weighted by Gasteiger charge is -2.04. The summed E-state index contributed by atoms with van der Waals surface area (Å²) in [4.78, 5) is 14.5. The van der Waals surface area contributed by atoms with E-state index < -0.39 is 24.5 Å². The zero-order chi connectivity index (χ0) is 14.6. The summed E-state index contributed by atoms with van der Waals surface area (Å²) >= 11 is 0. The van der Waals surface area contributed by atoms with Gasteiger partial charge in [-0.1, -0.05) is 30.3 Å². The third kappa shape index (κ3) is 3.81. The summed E-state index contributed by atoms with van der Waals surface area (Å²) < 4.78 is 42.5. The summed E-state index contributed by atoms with van der Waals surface area (Å²) in [6.07, 6.45) is -3.79. The Bertz CT molecular complexity index is 581. The van der Waals surface area contributed by atoms with Gasteiger partial charge in [-0.2, -0.15) is 13.2 Å². The minimum absolute atomic E-state index is 0.0561. The molecule has 0 saturated heterocycles. The predicted octanol–water partition coefficient (Wildman–Crippen LogP) is 2.04. The van der Waals surface area contributed by atoms with Gasteiger partial charge in [0.2, 0.25) is 0 Å². The molecule has 1 aromatic heterocycles. The maximum atomic E-state index is 12.3. The van der Waals surface area contributed by atoms with Crippen LogP contribution >= 0.6 is 0 Å². The smallest absolute Gasteiger partial charge is 0.453 e. The number of benzene rings is 1. The van der Waals surface area contributed by atoms with Crippen LogP contribution < -0.4 is 0 Å². The fourth-order valence-electron chi connectivity index (χ4n) is 1.42. The molecule has 0 N–H and O–H groups in total. The lowest BCUT2D eigenvalue weighted by atomic mass is 10.2. The molecule has 0 saturated carbocycles. The van der Waals surface area contributed by atoms with E-state index in [2.05, 4.69) is 10.1 Å². The Kier molecular flexibility index (Phi) is 4.02. The largest absolute Gasteiger partial charge is 0.459 e. The van der Waals surface area contributed by atoms with Crippen LogP contribution in [-0.4, -0.2) is 20.7 Å². The summed E-state index contributed by atoms with van der Waals surface area (Å²) in [7, 11) is 0. The van der Waals surface area contributed by atoms with E-state index >= 15 is 0 Å². The van der Waals surface area contributed by atoms with E-state index in [4.69, 9.17) is 4.74 Å². The third-order valence-electron chi connectivity index (χ3n) is 2.32. The van der Waals surface area contributed by atoms with E-state index in [1.54, 1.807) is 24.3 Å². The monoisotopic (exact) mass is 285 g/mol. The van der Waals surface area contributed by atoms with Crippen molar-refractivity contribution in [2.45, 2.75) is 19.3 Å². The minimum atomic E-state index is -4.63. The van der Waals surface area contributed by atoms with Crippen LogP contribution in [0.4, 0.5) is 13.2 Å². The molecule has 0 unspecified atom stereocenters. The van der Waals surface area contributed by atoms with Gasteiger partial charge in [0.15, 0.2) is 0 Å². The van der Waals surface area contributed by atoms with Crippen molar-refractivity contribution in [3.63, 3.8) is 0 Å². The second-order valence-corrected chi connectivity index (χ2v) is 3.91. The van der Waals surface area contributed by atoms with E-state index in [1.807, 2.05) is 6.07 Å². The number of hydrogen-bond donors (Lipinski definition) is 0. The molecule has 2 rings (SSSR count). The van der Waals surface area contributed by atoms with Gasteiger partial charge >= 0.3 is 12.1 Å². The van der Waals surface area contributed by atoms with E-state index in [0.29, 0.717) is 0 Å². The molecule has 0 aliphatic rings. The number of hydrogen-bond acceptors (Lipinski definition) is 4. The van der Waals surface area contributed by atoms with Crippen LogP contribution in [0.5, 0.6) is 0 Å². The molecular weight excluding hydrogens is 275 g/mol. The van der Waals surface area contributed by atoms with Crippen LogP contribution in [0.3, 0.4) is 0 Å². The molecule has 0 amide bonds. The van der Waals surface area contributed by atoms with Crippen molar-refractivity contribution in [2.75, 3.05) is 0 Å². The average Bonchev–Trinajstić information content (AvgIpc) is 2.86.